The molecule has 0 saturated heterocycles. The number of amides is 1. The van der Waals surface area contributed by atoms with E-state index in [9.17, 15) is 4.79 Å². The lowest BCUT2D eigenvalue weighted by Gasteiger charge is -2.11. The first-order valence-corrected chi connectivity index (χ1v) is 11.4. The first-order chi connectivity index (χ1) is 16.2. The fourth-order valence-electron chi connectivity index (χ4n) is 3.24. The Labute approximate surface area is 196 Å². The number of carbonyl (C=O) groups excluding carboxylic acids is 1. The Bertz CT molecular complexity index is 1170. The Morgan fingerprint density at radius 1 is 0.909 bits per heavy atom. The van der Waals surface area contributed by atoms with Crippen molar-refractivity contribution in [3.63, 3.8) is 0 Å². The summed E-state index contributed by atoms with van der Waals surface area (Å²) in [6.45, 7) is 0.455. The van der Waals surface area contributed by atoms with E-state index < -0.39 is 0 Å². The lowest BCUT2D eigenvalue weighted by Crippen LogP contribution is -2.25. The molecule has 8 nitrogen and oxygen atoms in total. The van der Waals surface area contributed by atoms with Crippen molar-refractivity contribution in [2.75, 3.05) is 20.0 Å². The number of nitrogens with one attached hydrogen (secondary N) is 1. The minimum atomic E-state index is -0.0745. The molecular formula is C24H25N5O3S. The quantitative estimate of drug-likeness (QED) is 0.363. The van der Waals surface area contributed by atoms with Crippen LogP contribution < -0.4 is 14.8 Å². The van der Waals surface area contributed by atoms with Gasteiger partial charge in [0.15, 0.2) is 5.82 Å². The van der Waals surface area contributed by atoms with Gasteiger partial charge in [0.05, 0.1) is 20.0 Å². The predicted octanol–water partition coefficient (Wildman–Crippen LogP) is 3.41. The second-order valence-corrected chi connectivity index (χ2v) is 8.15. The summed E-state index contributed by atoms with van der Waals surface area (Å²) in [4.78, 5) is 12.4. The van der Waals surface area contributed by atoms with Crippen LogP contribution in [-0.4, -0.2) is 45.4 Å². The van der Waals surface area contributed by atoms with Gasteiger partial charge in [0.25, 0.3) is 0 Å². The topological polar surface area (TPSA) is 83.2 Å². The molecule has 0 radical (unpaired) electrons. The van der Waals surface area contributed by atoms with Gasteiger partial charge in [-0.3, -0.25) is 9.47 Å². The molecule has 4 rings (SSSR count). The second kappa shape index (κ2) is 10.7. The molecule has 1 amide bonds. The Hall–Kier alpha value is -3.72. The summed E-state index contributed by atoms with van der Waals surface area (Å²) in [6, 6.07) is 19.4. The van der Waals surface area contributed by atoms with Gasteiger partial charge < -0.3 is 14.8 Å². The Kier molecular flexibility index (Phi) is 7.31. The lowest BCUT2D eigenvalue weighted by atomic mass is 10.1. The third-order valence-corrected chi connectivity index (χ3v) is 5.92. The molecule has 0 bridgehead atoms. The van der Waals surface area contributed by atoms with E-state index in [0.717, 1.165) is 28.5 Å². The van der Waals surface area contributed by atoms with E-state index >= 15 is 0 Å². The standard InChI is InChI=1S/C24H25N5O3S/c1-31-20-9-5-18(6-10-20)15-22-26-27-24(29(22)28-13-3-4-14-28)33-17-23(30)25-16-19-7-11-21(32-2)12-8-19/h3-14H,15-17H2,1-2H3,(H,25,30). The van der Waals surface area contributed by atoms with Crippen LogP contribution in [0.25, 0.3) is 0 Å². The number of hydrogen-bond acceptors (Lipinski definition) is 6. The maximum atomic E-state index is 12.4. The van der Waals surface area contributed by atoms with Gasteiger partial charge in [-0.25, -0.2) is 4.68 Å². The highest BCUT2D eigenvalue weighted by molar-refractivity contribution is 7.99. The Morgan fingerprint density at radius 2 is 1.52 bits per heavy atom. The van der Waals surface area contributed by atoms with Crippen molar-refractivity contribution in [1.29, 1.82) is 0 Å². The number of nitrogens with zero attached hydrogens (tertiary/aromatic N) is 4. The molecule has 9 heteroatoms. The average molecular weight is 464 g/mol. The number of hydrogen-bond donors (Lipinski definition) is 1. The highest BCUT2D eigenvalue weighted by atomic mass is 32.2. The van der Waals surface area contributed by atoms with Crippen LogP contribution in [0.15, 0.2) is 78.2 Å². The minimum Gasteiger partial charge on any atom is -0.497 e. The summed E-state index contributed by atoms with van der Waals surface area (Å²) in [5.41, 5.74) is 2.09. The van der Waals surface area contributed by atoms with Crippen molar-refractivity contribution >= 4 is 17.7 Å². The molecule has 0 atom stereocenters. The van der Waals surface area contributed by atoms with Gasteiger partial charge in [-0.05, 0) is 47.5 Å². The van der Waals surface area contributed by atoms with Crippen molar-refractivity contribution in [1.82, 2.24) is 24.9 Å². The molecule has 2 heterocycles. The summed E-state index contributed by atoms with van der Waals surface area (Å²) in [6.07, 6.45) is 4.45. The normalized spacial score (nSPS) is 10.7. The van der Waals surface area contributed by atoms with Crippen molar-refractivity contribution in [2.45, 2.75) is 18.1 Å². The molecule has 33 heavy (non-hydrogen) atoms. The van der Waals surface area contributed by atoms with Gasteiger partial charge in [0.1, 0.15) is 11.5 Å². The van der Waals surface area contributed by atoms with Gasteiger partial charge in [0, 0.05) is 25.4 Å². The van der Waals surface area contributed by atoms with Crippen LogP contribution in [-0.2, 0) is 17.8 Å². The number of thioether (sulfide) groups is 1. The third-order valence-electron chi connectivity index (χ3n) is 5.00. The zero-order valence-electron chi connectivity index (χ0n) is 18.5. The summed E-state index contributed by atoms with van der Waals surface area (Å²) < 4.78 is 14.2. The number of benzene rings is 2. The smallest absolute Gasteiger partial charge is 0.230 e. The van der Waals surface area contributed by atoms with Crippen molar-refractivity contribution in [2.24, 2.45) is 0 Å². The SMILES string of the molecule is COc1ccc(CNC(=O)CSc2nnc(Cc3ccc(OC)cc3)n2-n2cccc2)cc1. The van der Waals surface area contributed by atoms with E-state index in [1.54, 1.807) is 14.2 Å². The monoisotopic (exact) mass is 463 g/mol. The van der Waals surface area contributed by atoms with Gasteiger partial charge in [-0.2, -0.15) is 0 Å². The van der Waals surface area contributed by atoms with Crippen LogP contribution >= 0.6 is 11.8 Å². The zero-order chi connectivity index (χ0) is 23.0. The fourth-order valence-corrected chi connectivity index (χ4v) is 4.02. The second-order valence-electron chi connectivity index (χ2n) is 7.21. The molecule has 4 aromatic rings. The Balaban J connectivity index is 1.41. The molecule has 0 spiro atoms. The van der Waals surface area contributed by atoms with E-state index in [2.05, 4.69) is 15.5 Å². The molecule has 2 aromatic heterocycles. The maximum absolute atomic E-state index is 12.4. The van der Waals surface area contributed by atoms with E-state index in [0.29, 0.717) is 18.1 Å². The molecule has 0 aliphatic rings. The Morgan fingerprint density at radius 3 is 2.12 bits per heavy atom. The van der Waals surface area contributed by atoms with Crippen molar-refractivity contribution in [3.05, 3.63) is 90.0 Å². The van der Waals surface area contributed by atoms with Crippen LogP contribution in [0.3, 0.4) is 0 Å². The van der Waals surface area contributed by atoms with Gasteiger partial charge >= 0.3 is 0 Å². The third kappa shape index (κ3) is 5.75. The van der Waals surface area contributed by atoms with Gasteiger partial charge in [-0.15, -0.1) is 10.2 Å². The van der Waals surface area contributed by atoms with E-state index in [-0.39, 0.29) is 11.7 Å². The first kappa shape index (κ1) is 22.5. The van der Waals surface area contributed by atoms with E-state index in [1.807, 2.05) is 82.4 Å². The molecular weight excluding hydrogens is 438 g/mol. The molecule has 0 unspecified atom stereocenters. The average Bonchev–Trinajstić information content (AvgIpc) is 3.52. The molecule has 170 valence electrons. The van der Waals surface area contributed by atoms with Crippen LogP contribution in [0.1, 0.15) is 17.0 Å². The fraction of sp³-hybridized carbons (Fsp3) is 0.208. The molecule has 1 N–H and O–H groups in total. The van der Waals surface area contributed by atoms with E-state index in [1.165, 1.54) is 11.8 Å². The number of ether oxygens (including phenoxy) is 2. The lowest BCUT2D eigenvalue weighted by molar-refractivity contribution is -0.118. The molecule has 0 aliphatic heterocycles. The number of aromatic nitrogens is 4. The highest BCUT2D eigenvalue weighted by Gasteiger charge is 2.16. The van der Waals surface area contributed by atoms with Crippen LogP contribution in [0.2, 0.25) is 0 Å². The summed E-state index contributed by atoms with van der Waals surface area (Å²) in [5, 5.41) is 12.3. The molecule has 0 saturated carbocycles. The molecule has 0 aliphatic carbocycles. The summed E-state index contributed by atoms with van der Waals surface area (Å²) >= 11 is 1.35. The van der Waals surface area contributed by atoms with Crippen LogP contribution in [0, 0.1) is 0 Å². The van der Waals surface area contributed by atoms with Gasteiger partial charge in [0.2, 0.25) is 11.1 Å². The number of methoxy groups -OCH3 is 2. The van der Waals surface area contributed by atoms with Crippen LogP contribution in [0.5, 0.6) is 11.5 Å². The molecule has 2 aromatic carbocycles. The summed E-state index contributed by atoms with van der Waals surface area (Å²) in [7, 11) is 3.28. The number of rotatable bonds is 10. The van der Waals surface area contributed by atoms with Crippen molar-refractivity contribution < 1.29 is 14.3 Å². The summed E-state index contributed by atoms with van der Waals surface area (Å²) in [5.74, 6) is 2.53. The van der Waals surface area contributed by atoms with Gasteiger partial charge in [-0.1, -0.05) is 36.0 Å². The van der Waals surface area contributed by atoms with Crippen molar-refractivity contribution in [3.8, 4) is 11.5 Å². The zero-order valence-corrected chi connectivity index (χ0v) is 19.3. The number of carbonyl (C=O) groups is 1. The highest BCUT2D eigenvalue weighted by Crippen LogP contribution is 2.20. The minimum absolute atomic E-state index is 0.0745. The maximum Gasteiger partial charge on any atom is 0.230 e. The predicted molar refractivity (Wildman–Crippen MR) is 127 cm³/mol. The largest absolute Gasteiger partial charge is 0.497 e. The molecule has 0 fully saturated rings. The van der Waals surface area contributed by atoms with Crippen LogP contribution in [0.4, 0.5) is 0 Å². The van der Waals surface area contributed by atoms with E-state index in [4.69, 9.17) is 9.47 Å². The first-order valence-electron chi connectivity index (χ1n) is 10.4.